The number of hydrogen-bond donors (Lipinski definition) is 2. The molecule has 0 aromatic heterocycles. The monoisotopic (exact) mass is 214 g/mol. The Morgan fingerprint density at radius 2 is 2.27 bits per heavy atom. The van der Waals surface area contributed by atoms with Crippen molar-refractivity contribution in [2.45, 2.75) is 13.3 Å². The quantitative estimate of drug-likeness (QED) is 0.372. The fourth-order valence-electron chi connectivity index (χ4n) is 1.24. The average molecular weight is 214 g/mol. The van der Waals surface area contributed by atoms with Crippen molar-refractivity contribution in [1.82, 2.24) is 9.80 Å². The van der Waals surface area contributed by atoms with Gasteiger partial charge in [-0.1, -0.05) is 6.58 Å². The van der Waals surface area contributed by atoms with Crippen LogP contribution < -0.4 is 5.73 Å². The minimum Gasteiger partial charge on any atom is -0.376 e. The summed E-state index contributed by atoms with van der Waals surface area (Å²) in [4.78, 5) is 7.88. The normalized spacial score (nSPS) is 11.3. The molecule has 0 bridgehead atoms. The maximum Gasteiger partial charge on any atom is 0.202 e. The van der Waals surface area contributed by atoms with Gasteiger partial charge in [-0.3, -0.25) is 0 Å². The van der Waals surface area contributed by atoms with Gasteiger partial charge < -0.3 is 20.6 Å². The second-order valence-electron chi connectivity index (χ2n) is 3.17. The minimum atomic E-state index is -0.0455. The van der Waals surface area contributed by atoms with E-state index < -0.39 is 0 Å². The second kappa shape index (κ2) is 8.26. The molecule has 0 rings (SSSR count). The lowest BCUT2D eigenvalue weighted by molar-refractivity contribution is 0.161. The maximum absolute atomic E-state index is 9.16. The summed E-state index contributed by atoms with van der Waals surface area (Å²) < 4.78 is 0. The highest BCUT2D eigenvalue weighted by atomic mass is 16.3. The van der Waals surface area contributed by atoms with E-state index in [1.54, 1.807) is 4.90 Å². The molecule has 5 nitrogen and oxygen atoms in total. The average Bonchev–Trinajstić information content (AvgIpc) is 2.26. The summed E-state index contributed by atoms with van der Waals surface area (Å²) in [5.41, 5.74) is 5.44. The van der Waals surface area contributed by atoms with Crippen molar-refractivity contribution >= 4 is 5.96 Å². The molecule has 0 aromatic carbocycles. The van der Waals surface area contributed by atoms with E-state index in [4.69, 9.17) is 10.8 Å². The number of nitrogens with zero attached hydrogens (tertiary/aromatic N) is 3. The fraction of sp³-hybridized carbons (Fsp3) is 0.700. The number of aliphatic hydroxyl groups excluding tert-OH is 1. The number of guanidine groups is 1. The van der Waals surface area contributed by atoms with Gasteiger partial charge in [0, 0.05) is 26.3 Å². The third-order valence-corrected chi connectivity index (χ3v) is 2.08. The van der Waals surface area contributed by atoms with Crippen LogP contribution >= 0.6 is 0 Å². The zero-order valence-corrected chi connectivity index (χ0v) is 9.69. The second-order valence-corrected chi connectivity index (χ2v) is 3.17. The highest BCUT2D eigenvalue weighted by Gasteiger charge is 2.12. The summed E-state index contributed by atoms with van der Waals surface area (Å²) in [6.45, 7) is 7.66. The molecular formula is C10H22N4O. The number of nitrogens with two attached hydrogens (primary N) is 1. The van der Waals surface area contributed by atoms with Crippen molar-refractivity contribution in [3.8, 4) is 0 Å². The molecule has 0 radical (unpaired) electrons. The Bertz CT molecular complexity index is 202. The topological polar surface area (TPSA) is 65.1 Å². The molecule has 0 fully saturated rings. The van der Waals surface area contributed by atoms with Crippen LogP contribution in [0.1, 0.15) is 13.3 Å². The Morgan fingerprint density at radius 1 is 1.60 bits per heavy atom. The molecule has 5 heteroatoms. The smallest absolute Gasteiger partial charge is 0.202 e. The van der Waals surface area contributed by atoms with E-state index in [9.17, 15) is 0 Å². The molecule has 0 saturated carbocycles. The number of aliphatic imine (C=N–C) groups is 1. The van der Waals surface area contributed by atoms with E-state index in [1.807, 2.05) is 18.9 Å². The first-order valence-electron chi connectivity index (χ1n) is 5.16. The molecular weight excluding hydrogens is 192 g/mol. The molecule has 0 aliphatic rings. The van der Waals surface area contributed by atoms with Crippen LogP contribution in [0.5, 0.6) is 0 Å². The van der Waals surface area contributed by atoms with Crippen LogP contribution in [-0.2, 0) is 0 Å². The van der Waals surface area contributed by atoms with E-state index in [2.05, 4.69) is 11.6 Å². The predicted octanol–water partition coefficient (Wildman–Crippen LogP) is 0.0382. The van der Waals surface area contributed by atoms with Crippen LogP contribution in [0.25, 0.3) is 0 Å². The molecule has 0 spiro atoms. The lowest BCUT2D eigenvalue weighted by Crippen LogP contribution is -2.43. The van der Waals surface area contributed by atoms with Crippen molar-refractivity contribution in [3.63, 3.8) is 0 Å². The molecule has 0 amide bonds. The highest BCUT2D eigenvalue weighted by Crippen LogP contribution is 1.98. The van der Waals surface area contributed by atoms with Gasteiger partial charge in [-0.25, -0.2) is 4.99 Å². The Hall–Kier alpha value is -1.07. The van der Waals surface area contributed by atoms with Crippen molar-refractivity contribution in [3.05, 3.63) is 12.8 Å². The summed E-state index contributed by atoms with van der Waals surface area (Å²) in [5.74, 6) is 0.725. The van der Waals surface area contributed by atoms with E-state index in [-0.39, 0.29) is 6.73 Å². The van der Waals surface area contributed by atoms with E-state index >= 15 is 0 Å². The molecule has 3 N–H and O–H groups in total. The van der Waals surface area contributed by atoms with Crippen molar-refractivity contribution in [1.29, 1.82) is 0 Å². The lowest BCUT2D eigenvalue weighted by Gasteiger charge is -2.29. The Balaban J connectivity index is 4.49. The Kier molecular flexibility index (Phi) is 7.67. The standard InChI is InChI=1S/C10H22N4O/c1-4-12-10(14(5-2)9-15)13(3)8-6-7-11/h4,15H,1,5-9,11H2,2-3H3/b12-10-. The largest absolute Gasteiger partial charge is 0.376 e. The predicted molar refractivity (Wildman–Crippen MR) is 63.4 cm³/mol. The first-order valence-corrected chi connectivity index (χ1v) is 5.16. The van der Waals surface area contributed by atoms with Crippen LogP contribution in [0.4, 0.5) is 0 Å². The third kappa shape index (κ3) is 4.80. The molecule has 15 heavy (non-hydrogen) atoms. The van der Waals surface area contributed by atoms with Gasteiger partial charge in [0.25, 0.3) is 0 Å². The van der Waals surface area contributed by atoms with Gasteiger partial charge in [-0.05, 0) is 19.9 Å². The number of rotatable bonds is 6. The molecule has 0 heterocycles. The van der Waals surface area contributed by atoms with E-state index in [1.165, 1.54) is 6.20 Å². The van der Waals surface area contributed by atoms with Crippen LogP contribution in [0.2, 0.25) is 0 Å². The summed E-state index contributed by atoms with van der Waals surface area (Å²) in [6, 6.07) is 0. The van der Waals surface area contributed by atoms with E-state index in [0.29, 0.717) is 13.1 Å². The van der Waals surface area contributed by atoms with E-state index in [0.717, 1.165) is 18.9 Å². The van der Waals surface area contributed by atoms with Gasteiger partial charge in [0.15, 0.2) is 0 Å². The van der Waals surface area contributed by atoms with Gasteiger partial charge in [0.2, 0.25) is 5.96 Å². The summed E-state index contributed by atoms with van der Waals surface area (Å²) in [5, 5.41) is 9.16. The number of aliphatic hydroxyl groups is 1. The summed E-state index contributed by atoms with van der Waals surface area (Å²) >= 11 is 0. The SMILES string of the molecule is C=C/N=C(/N(C)CCCN)N(CC)CO. The first-order chi connectivity index (χ1) is 7.21. The van der Waals surface area contributed by atoms with Crippen LogP contribution in [0, 0.1) is 0 Å². The Morgan fingerprint density at radius 3 is 2.67 bits per heavy atom. The molecule has 0 saturated heterocycles. The van der Waals surface area contributed by atoms with Crippen molar-refractivity contribution in [2.75, 3.05) is 33.4 Å². The van der Waals surface area contributed by atoms with Gasteiger partial charge >= 0.3 is 0 Å². The molecule has 0 aliphatic carbocycles. The van der Waals surface area contributed by atoms with Crippen LogP contribution in [-0.4, -0.2) is 54.3 Å². The molecule has 0 aliphatic heterocycles. The molecule has 0 atom stereocenters. The third-order valence-electron chi connectivity index (χ3n) is 2.08. The van der Waals surface area contributed by atoms with Gasteiger partial charge in [-0.2, -0.15) is 0 Å². The number of hydrogen-bond acceptors (Lipinski definition) is 3. The first kappa shape index (κ1) is 13.9. The van der Waals surface area contributed by atoms with Crippen LogP contribution in [0.3, 0.4) is 0 Å². The van der Waals surface area contributed by atoms with Gasteiger partial charge in [0.1, 0.15) is 6.73 Å². The molecule has 0 aromatic rings. The van der Waals surface area contributed by atoms with Gasteiger partial charge in [-0.15, -0.1) is 0 Å². The summed E-state index contributed by atoms with van der Waals surface area (Å²) in [7, 11) is 1.93. The molecule has 88 valence electrons. The van der Waals surface area contributed by atoms with Crippen LogP contribution in [0.15, 0.2) is 17.8 Å². The van der Waals surface area contributed by atoms with Crippen molar-refractivity contribution < 1.29 is 5.11 Å². The minimum absolute atomic E-state index is 0.0455. The van der Waals surface area contributed by atoms with Gasteiger partial charge in [0.05, 0.1) is 0 Å². The fourth-order valence-corrected chi connectivity index (χ4v) is 1.24. The lowest BCUT2D eigenvalue weighted by atomic mass is 10.4. The maximum atomic E-state index is 9.16. The zero-order chi connectivity index (χ0) is 11.7. The zero-order valence-electron chi connectivity index (χ0n) is 9.69. The Labute approximate surface area is 91.9 Å². The summed E-state index contributed by atoms with van der Waals surface area (Å²) in [6.07, 6.45) is 2.38. The molecule has 0 unspecified atom stereocenters. The van der Waals surface area contributed by atoms with Crippen molar-refractivity contribution in [2.24, 2.45) is 10.7 Å². The highest BCUT2D eigenvalue weighted by molar-refractivity contribution is 5.80.